The standard InChI is InChI=1S/C13H17N3O3/c1-2-19-10-6-3-9(4-7-10)5-8-11(16-15)12(14)13(17)18/h3-8,16H,2,14-15H2,1H3,(H,17,18)/b8-5+,12-11-. The summed E-state index contributed by atoms with van der Waals surface area (Å²) in [7, 11) is 0. The summed E-state index contributed by atoms with van der Waals surface area (Å²) in [4.78, 5) is 10.7. The highest BCUT2D eigenvalue weighted by Crippen LogP contribution is 2.13. The van der Waals surface area contributed by atoms with E-state index in [-0.39, 0.29) is 11.4 Å². The molecule has 0 aliphatic rings. The normalized spacial score (nSPS) is 12.1. The smallest absolute Gasteiger partial charge is 0.353 e. The van der Waals surface area contributed by atoms with Crippen LogP contribution >= 0.6 is 0 Å². The Labute approximate surface area is 111 Å². The average molecular weight is 263 g/mol. The average Bonchev–Trinajstić information content (AvgIpc) is 2.41. The van der Waals surface area contributed by atoms with Crippen molar-refractivity contribution in [1.82, 2.24) is 5.43 Å². The third-order valence-corrected chi connectivity index (χ3v) is 2.31. The van der Waals surface area contributed by atoms with Crippen LogP contribution in [0.4, 0.5) is 0 Å². The number of aliphatic carboxylic acids is 1. The molecule has 0 saturated heterocycles. The van der Waals surface area contributed by atoms with Gasteiger partial charge in [-0.15, -0.1) is 0 Å². The van der Waals surface area contributed by atoms with E-state index in [0.717, 1.165) is 11.3 Å². The molecule has 0 aliphatic heterocycles. The number of hydrogen-bond donors (Lipinski definition) is 4. The maximum atomic E-state index is 10.7. The van der Waals surface area contributed by atoms with Gasteiger partial charge in [0.15, 0.2) is 0 Å². The SMILES string of the molecule is CCOc1ccc(/C=C/C(NN)=C(/N)C(=O)O)cc1. The van der Waals surface area contributed by atoms with Gasteiger partial charge in [0, 0.05) is 0 Å². The minimum absolute atomic E-state index is 0.140. The molecule has 102 valence electrons. The second kappa shape index (κ2) is 7.07. The van der Waals surface area contributed by atoms with E-state index in [1.165, 1.54) is 6.08 Å². The van der Waals surface area contributed by atoms with Gasteiger partial charge >= 0.3 is 5.97 Å². The Morgan fingerprint density at radius 3 is 2.53 bits per heavy atom. The van der Waals surface area contributed by atoms with Crippen LogP contribution in [0.15, 0.2) is 41.7 Å². The number of nitrogens with two attached hydrogens (primary N) is 2. The molecule has 1 aromatic carbocycles. The van der Waals surface area contributed by atoms with Crippen molar-refractivity contribution in [2.75, 3.05) is 6.61 Å². The Morgan fingerprint density at radius 2 is 2.05 bits per heavy atom. The van der Waals surface area contributed by atoms with Crippen LogP contribution in [0.3, 0.4) is 0 Å². The maximum absolute atomic E-state index is 10.7. The number of benzene rings is 1. The maximum Gasteiger partial charge on any atom is 0.353 e. The number of allylic oxidation sites excluding steroid dienone is 1. The Balaban J connectivity index is 2.85. The van der Waals surface area contributed by atoms with Gasteiger partial charge in [-0.25, -0.2) is 4.79 Å². The lowest BCUT2D eigenvalue weighted by atomic mass is 10.2. The van der Waals surface area contributed by atoms with Crippen LogP contribution in [0.5, 0.6) is 5.75 Å². The first-order valence-corrected chi connectivity index (χ1v) is 5.69. The van der Waals surface area contributed by atoms with Crippen molar-refractivity contribution in [3.05, 3.63) is 47.3 Å². The Morgan fingerprint density at radius 1 is 1.42 bits per heavy atom. The van der Waals surface area contributed by atoms with Crippen molar-refractivity contribution in [3.63, 3.8) is 0 Å². The Bertz CT molecular complexity index is 492. The minimum atomic E-state index is -1.23. The molecule has 1 rings (SSSR count). The molecule has 0 fully saturated rings. The summed E-state index contributed by atoms with van der Waals surface area (Å²) in [5.41, 5.74) is 8.28. The number of carboxylic acids is 1. The van der Waals surface area contributed by atoms with E-state index in [2.05, 4.69) is 5.43 Å². The fraction of sp³-hybridized carbons (Fsp3) is 0.154. The Hall–Kier alpha value is -2.47. The molecule has 0 bridgehead atoms. The fourth-order valence-corrected chi connectivity index (χ4v) is 1.35. The molecular formula is C13H17N3O3. The number of hydrazine groups is 1. The van der Waals surface area contributed by atoms with Crippen LogP contribution in [0.2, 0.25) is 0 Å². The third kappa shape index (κ3) is 4.36. The second-order valence-corrected chi connectivity index (χ2v) is 3.61. The minimum Gasteiger partial charge on any atom is -0.494 e. The first-order chi connectivity index (χ1) is 9.08. The van der Waals surface area contributed by atoms with Crippen LogP contribution in [0.1, 0.15) is 12.5 Å². The van der Waals surface area contributed by atoms with Crippen molar-refractivity contribution < 1.29 is 14.6 Å². The molecule has 6 heteroatoms. The molecule has 0 unspecified atom stereocenters. The molecule has 0 atom stereocenters. The highest BCUT2D eigenvalue weighted by molar-refractivity contribution is 5.87. The zero-order valence-electron chi connectivity index (χ0n) is 10.6. The number of hydrogen-bond acceptors (Lipinski definition) is 5. The summed E-state index contributed by atoms with van der Waals surface area (Å²) < 4.78 is 5.31. The fourth-order valence-electron chi connectivity index (χ4n) is 1.35. The molecule has 6 nitrogen and oxygen atoms in total. The summed E-state index contributed by atoms with van der Waals surface area (Å²) in [6.07, 6.45) is 3.19. The lowest BCUT2D eigenvalue weighted by Crippen LogP contribution is -2.26. The number of carbonyl (C=O) groups is 1. The zero-order chi connectivity index (χ0) is 14.3. The van der Waals surface area contributed by atoms with Gasteiger partial charge in [-0.2, -0.15) is 0 Å². The lowest BCUT2D eigenvalue weighted by molar-refractivity contribution is -0.132. The van der Waals surface area contributed by atoms with E-state index >= 15 is 0 Å². The van der Waals surface area contributed by atoms with Crippen molar-refractivity contribution in [1.29, 1.82) is 0 Å². The predicted octanol–water partition coefficient (Wildman–Crippen LogP) is 0.817. The molecule has 0 radical (unpaired) electrons. The molecule has 0 aromatic heterocycles. The quantitative estimate of drug-likeness (QED) is 0.262. The summed E-state index contributed by atoms with van der Waals surface area (Å²) in [5.74, 6) is 4.76. The van der Waals surface area contributed by atoms with Crippen LogP contribution < -0.4 is 21.7 Å². The molecule has 0 aliphatic carbocycles. The number of carboxylic acid groups (broad SMARTS) is 1. The lowest BCUT2D eigenvalue weighted by Gasteiger charge is -2.04. The third-order valence-electron chi connectivity index (χ3n) is 2.31. The van der Waals surface area contributed by atoms with Gasteiger partial charge in [-0.1, -0.05) is 18.2 Å². The van der Waals surface area contributed by atoms with E-state index in [0.29, 0.717) is 6.61 Å². The molecule has 0 heterocycles. The summed E-state index contributed by atoms with van der Waals surface area (Å²) in [6.45, 7) is 2.51. The van der Waals surface area contributed by atoms with Crippen molar-refractivity contribution in [3.8, 4) is 5.75 Å². The molecule has 0 spiro atoms. The van der Waals surface area contributed by atoms with Crippen molar-refractivity contribution in [2.24, 2.45) is 11.6 Å². The topological polar surface area (TPSA) is 111 Å². The van der Waals surface area contributed by atoms with Gasteiger partial charge in [-0.3, -0.25) is 5.84 Å². The molecule has 0 saturated carbocycles. The van der Waals surface area contributed by atoms with Gasteiger partial charge in [0.05, 0.1) is 12.3 Å². The summed E-state index contributed by atoms with van der Waals surface area (Å²) >= 11 is 0. The van der Waals surface area contributed by atoms with E-state index in [9.17, 15) is 4.79 Å². The first kappa shape index (κ1) is 14.6. The number of rotatable bonds is 6. The van der Waals surface area contributed by atoms with E-state index < -0.39 is 5.97 Å². The zero-order valence-corrected chi connectivity index (χ0v) is 10.6. The molecule has 0 amide bonds. The molecule has 1 aromatic rings. The van der Waals surface area contributed by atoms with Crippen LogP contribution in [-0.4, -0.2) is 17.7 Å². The predicted molar refractivity (Wildman–Crippen MR) is 72.8 cm³/mol. The highest BCUT2D eigenvalue weighted by atomic mass is 16.5. The van der Waals surface area contributed by atoms with Crippen LogP contribution in [0, 0.1) is 0 Å². The summed E-state index contributed by atoms with van der Waals surface area (Å²) in [5, 5.41) is 8.75. The molecular weight excluding hydrogens is 246 g/mol. The summed E-state index contributed by atoms with van der Waals surface area (Å²) in [6, 6.07) is 7.32. The Kier molecular flexibility index (Phi) is 5.43. The van der Waals surface area contributed by atoms with Gasteiger partial charge in [0.25, 0.3) is 0 Å². The van der Waals surface area contributed by atoms with Crippen molar-refractivity contribution in [2.45, 2.75) is 6.92 Å². The van der Waals surface area contributed by atoms with E-state index in [4.69, 9.17) is 21.4 Å². The molecule has 19 heavy (non-hydrogen) atoms. The van der Waals surface area contributed by atoms with E-state index in [1.807, 2.05) is 31.2 Å². The van der Waals surface area contributed by atoms with Crippen LogP contribution in [-0.2, 0) is 4.79 Å². The van der Waals surface area contributed by atoms with Gasteiger partial charge in [0.2, 0.25) is 0 Å². The number of ether oxygens (including phenoxy) is 1. The molecule has 6 N–H and O–H groups in total. The van der Waals surface area contributed by atoms with Gasteiger partial charge < -0.3 is 21.0 Å². The van der Waals surface area contributed by atoms with Crippen LogP contribution in [0.25, 0.3) is 6.08 Å². The largest absolute Gasteiger partial charge is 0.494 e. The van der Waals surface area contributed by atoms with E-state index in [1.54, 1.807) is 6.08 Å². The monoisotopic (exact) mass is 263 g/mol. The van der Waals surface area contributed by atoms with Gasteiger partial charge in [-0.05, 0) is 30.7 Å². The first-order valence-electron chi connectivity index (χ1n) is 5.69. The number of nitrogens with one attached hydrogen (secondary N) is 1. The second-order valence-electron chi connectivity index (χ2n) is 3.61. The van der Waals surface area contributed by atoms with Gasteiger partial charge in [0.1, 0.15) is 11.4 Å². The highest BCUT2D eigenvalue weighted by Gasteiger charge is 2.06. The van der Waals surface area contributed by atoms with Crippen molar-refractivity contribution >= 4 is 12.0 Å².